The third-order valence-corrected chi connectivity index (χ3v) is 5.20. The van der Waals surface area contributed by atoms with Crippen molar-refractivity contribution in [3.05, 3.63) is 60.2 Å². The SMILES string of the molecule is CC(C)Sc1nc2ccccc2n1[C@@H](C)C(=O)NCCc1ccccc1. The smallest absolute Gasteiger partial charge is 0.242 e. The number of fused-ring (bicyclic) bond motifs is 1. The standard InChI is InChI=1S/C21H25N3OS/c1-15(2)26-21-23-18-11-7-8-12-19(18)24(21)16(3)20(25)22-14-13-17-9-5-4-6-10-17/h4-12,15-16H,13-14H2,1-3H3,(H,22,25)/t16-/m0/s1. The van der Waals surface area contributed by atoms with Crippen LogP contribution in [0.25, 0.3) is 11.0 Å². The second-order valence-electron chi connectivity index (χ2n) is 6.62. The maximum absolute atomic E-state index is 12.7. The summed E-state index contributed by atoms with van der Waals surface area (Å²) < 4.78 is 2.05. The van der Waals surface area contributed by atoms with E-state index >= 15 is 0 Å². The lowest BCUT2D eigenvalue weighted by Crippen LogP contribution is -2.32. The summed E-state index contributed by atoms with van der Waals surface area (Å²) in [5.74, 6) is 0.0229. The number of hydrogen-bond donors (Lipinski definition) is 1. The summed E-state index contributed by atoms with van der Waals surface area (Å²) in [5.41, 5.74) is 3.16. The van der Waals surface area contributed by atoms with Crippen molar-refractivity contribution >= 4 is 28.7 Å². The molecule has 0 aliphatic heterocycles. The van der Waals surface area contributed by atoms with Gasteiger partial charge in [0.15, 0.2) is 5.16 Å². The van der Waals surface area contributed by atoms with Crippen molar-refractivity contribution in [2.45, 2.75) is 43.6 Å². The number of para-hydroxylation sites is 2. The number of carbonyl (C=O) groups excluding carboxylic acids is 1. The van der Waals surface area contributed by atoms with E-state index in [1.165, 1.54) is 5.56 Å². The van der Waals surface area contributed by atoms with Crippen molar-refractivity contribution in [1.29, 1.82) is 0 Å². The Balaban J connectivity index is 1.75. The number of thioether (sulfide) groups is 1. The minimum atomic E-state index is -0.306. The van der Waals surface area contributed by atoms with Crippen molar-refractivity contribution in [2.24, 2.45) is 0 Å². The molecule has 1 amide bonds. The Labute approximate surface area is 159 Å². The lowest BCUT2D eigenvalue weighted by Gasteiger charge is -2.18. The van der Waals surface area contributed by atoms with E-state index < -0.39 is 0 Å². The summed E-state index contributed by atoms with van der Waals surface area (Å²) in [4.78, 5) is 17.5. The minimum Gasteiger partial charge on any atom is -0.354 e. The summed E-state index contributed by atoms with van der Waals surface area (Å²) in [5, 5.41) is 4.36. The molecule has 0 saturated heterocycles. The van der Waals surface area contributed by atoms with Crippen LogP contribution < -0.4 is 5.32 Å². The highest BCUT2D eigenvalue weighted by Crippen LogP contribution is 2.30. The number of carbonyl (C=O) groups is 1. The monoisotopic (exact) mass is 367 g/mol. The van der Waals surface area contributed by atoms with Gasteiger partial charge in [-0.15, -0.1) is 0 Å². The fraction of sp³-hybridized carbons (Fsp3) is 0.333. The Bertz CT molecular complexity index is 873. The fourth-order valence-corrected chi connectivity index (χ4v) is 3.87. The Morgan fingerprint density at radius 3 is 2.50 bits per heavy atom. The van der Waals surface area contributed by atoms with Gasteiger partial charge in [0.2, 0.25) is 5.91 Å². The Hall–Kier alpha value is -2.27. The molecule has 0 radical (unpaired) electrons. The molecular weight excluding hydrogens is 342 g/mol. The van der Waals surface area contributed by atoms with E-state index in [1.807, 2.05) is 49.4 Å². The molecule has 136 valence electrons. The lowest BCUT2D eigenvalue weighted by atomic mass is 10.1. The molecule has 0 aliphatic rings. The first-order valence-electron chi connectivity index (χ1n) is 9.01. The zero-order valence-corrected chi connectivity index (χ0v) is 16.3. The molecule has 1 N–H and O–H groups in total. The van der Waals surface area contributed by atoms with Crippen molar-refractivity contribution in [3.8, 4) is 0 Å². The van der Waals surface area contributed by atoms with E-state index in [4.69, 9.17) is 4.98 Å². The highest BCUT2D eigenvalue weighted by molar-refractivity contribution is 7.99. The highest BCUT2D eigenvalue weighted by atomic mass is 32.2. The predicted molar refractivity (Wildman–Crippen MR) is 109 cm³/mol. The molecule has 1 atom stereocenters. The van der Waals surface area contributed by atoms with Gasteiger partial charge in [0.25, 0.3) is 0 Å². The third-order valence-electron chi connectivity index (χ3n) is 4.23. The Kier molecular flexibility index (Phi) is 5.99. The molecule has 0 spiro atoms. The molecule has 0 unspecified atom stereocenters. The van der Waals surface area contributed by atoms with Gasteiger partial charge in [0.05, 0.1) is 11.0 Å². The number of nitrogens with one attached hydrogen (secondary N) is 1. The van der Waals surface area contributed by atoms with Gasteiger partial charge in [-0.25, -0.2) is 4.98 Å². The molecule has 3 aromatic rings. The molecule has 4 nitrogen and oxygen atoms in total. The second kappa shape index (κ2) is 8.41. The van der Waals surface area contributed by atoms with Gasteiger partial charge in [-0.1, -0.05) is 68.1 Å². The van der Waals surface area contributed by atoms with Crippen LogP contribution in [0.15, 0.2) is 59.8 Å². The molecule has 3 rings (SSSR count). The van der Waals surface area contributed by atoms with E-state index in [2.05, 4.69) is 35.9 Å². The van der Waals surface area contributed by atoms with Crippen molar-refractivity contribution in [2.75, 3.05) is 6.54 Å². The first-order chi connectivity index (χ1) is 12.6. The van der Waals surface area contributed by atoms with Crippen LogP contribution in [-0.2, 0) is 11.2 Å². The first kappa shape index (κ1) is 18.5. The zero-order chi connectivity index (χ0) is 18.5. The minimum absolute atomic E-state index is 0.0229. The summed E-state index contributed by atoms with van der Waals surface area (Å²) in [6, 6.07) is 17.9. The Morgan fingerprint density at radius 1 is 1.08 bits per heavy atom. The predicted octanol–water partition coefficient (Wildman–Crippen LogP) is 4.46. The van der Waals surface area contributed by atoms with Crippen LogP contribution in [0.1, 0.15) is 32.4 Å². The summed E-state index contributed by atoms with van der Waals surface area (Å²) in [6.45, 7) is 6.85. The second-order valence-corrected chi connectivity index (χ2v) is 8.17. The number of rotatable bonds is 7. The van der Waals surface area contributed by atoms with E-state index in [9.17, 15) is 4.79 Å². The molecule has 0 saturated carbocycles. The normalized spacial score (nSPS) is 12.5. The molecular formula is C21H25N3OS. The number of nitrogens with zero attached hydrogens (tertiary/aromatic N) is 2. The molecule has 0 bridgehead atoms. The van der Waals surface area contributed by atoms with E-state index in [-0.39, 0.29) is 11.9 Å². The quantitative estimate of drug-likeness (QED) is 0.627. The van der Waals surface area contributed by atoms with Gasteiger partial charge in [-0.2, -0.15) is 0 Å². The van der Waals surface area contributed by atoms with Gasteiger partial charge in [-0.3, -0.25) is 4.79 Å². The molecule has 2 aromatic carbocycles. The van der Waals surface area contributed by atoms with Crippen LogP contribution >= 0.6 is 11.8 Å². The van der Waals surface area contributed by atoms with Gasteiger partial charge in [0.1, 0.15) is 6.04 Å². The van der Waals surface area contributed by atoms with Crippen LogP contribution in [-0.4, -0.2) is 27.3 Å². The molecule has 1 heterocycles. The van der Waals surface area contributed by atoms with Crippen LogP contribution in [0.4, 0.5) is 0 Å². The van der Waals surface area contributed by atoms with Gasteiger partial charge < -0.3 is 9.88 Å². The van der Waals surface area contributed by atoms with Gasteiger partial charge in [0, 0.05) is 11.8 Å². The summed E-state index contributed by atoms with van der Waals surface area (Å²) in [6.07, 6.45) is 0.831. The molecule has 26 heavy (non-hydrogen) atoms. The zero-order valence-electron chi connectivity index (χ0n) is 15.5. The molecule has 1 aromatic heterocycles. The van der Waals surface area contributed by atoms with E-state index in [0.29, 0.717) is 11.8 Å². The summed E-state index contributed by atoms with van der Waals surface area (Å²) >= 11 is 1.69. The molecule has 5 heteroatoms. The topological polar surface area (TPSA) is 46.9 Å². The fourth-order valence-electron chi connectivity index (χ4n) is 2.93. The van der Waals surface area contributed by atoms with Crippen molar-refractivity contribution < 1.29 is 4.79 Å². The van der Waals surface area contributed by atoms with Crippen LogP contribution in [0.2, 0.25) is 0 Å². The first-order valence-corrected chi connectivity index (χ1v) is 9.89. The number of hydrogen-bond acceptors (Lipinski definition) is 3. The van der Waals surface area contributed by atoms with Gasteiger partial charge >= 0.3 is 0 Å². The maximum Gasteiger partial charge on any atom is 0.242 e. The average molecular weight is 368 g/mol. The highest BCUT2D eigenvalue weighted by Gasteiger charge is 2.22. The number of benzene rings is 2. The van der Waals surface area contributed by atoms with Crippen molar-refractivity contribution in [1.82, 2.24) is 14.9 Å². The van der Waals surface area contributed by atoms with Crippen LogP contribution in [0.3, 0.4) is 0 Å². The molecule has 0 fully saturated rings. The van der Waals surface area contributed by atoms with Crippen LogP contribution in [0, 0.1) is 0 Å². The summed E-state index contributed by atoms with van der Waals surface area (Å²) in [7, 11) is 0. The number of imidazole rings is 1. The average Bonchev–Trinajstić information content (AvgIpc) is 2.98. The van der Waals surface area contributed by atoms with E-state index in [0.717, 1.165) is 22.6 Å². The Morgan fingerprint density at radius 2 is 1.77 bits per heavy atom. The lowest BCUT2D eigenvalue weighted by molar-refractivity contribution is -0.123. The number of amides is 1. The van der Waals surface area contributed by atoms with Gasteiger partial charge in [-0.05, 0) is 31.0 Å². The van der Waals surface area contributed by atoms with Crippen molar-refractivity contribution in [3.63, 3.8) is 0 Å². The largest absolute Gasteiger partial charge is 0.354 e. The molecule has 0 aliphatic carbocycles. The third kappa shape index (κ3) is 4.28. The number of aromatic nitrogens is 2. The van der Waals surface area contributed by atoms with E-state index in [1.54, 1.807) is 11.8 Å². The maximum atomic E-state index is 12.7. The van der Waals surface area contributed by atoms with Crippen LogP contribution in [0.5, 0.6) is 0 Å².